The van der Waals surface area contributed by atoms with Gasteiger partial charge in [-0.2, -0.15) is 0 Å². The van der Waals surface area contributed by atoms with Crippen molar-refractivity contribution in [1.82, 2.24) is 0 Å². The van der Waals surface area contributed by atoms with Gasteiger partial charge in [0, 0.05) is 17.6 Å². The van der Waals surface area contributed by atoms with E-state index in [2.05, 4.69) is 0 Å². The fourth-order valence-electron chi connectivity index (χ4n) is 1.19. The Morgan fingerprint density at radius 2 is 1.67 bits per heavy atom. The monoisotopic (exact) mass is 210 g/mol. The molecule has 0 aromatic rings. The first kappa shape index (κ1) is 11.1. The Bertz CT molecular complexity index is 404. The lowest BCUT2D eigenvalue weighted by Crippen LogP contribution is -2.06. The van der Waals surface area contributed by atoms with Crippen molar-refractivity contribution in [3.05, 3.63) is 55.9 Å². The molecule has 1 aliphatic carbocycles. The van der Waals surface area contributed by atoms with Crippen molar-refractivity contribution in [3.8, 4) is 0 Å². The first-order valence-electron chi connectivity index (χ1n) is 4.24. The minimum Gasteiger partial charge on any atom is -0.258 e. The smallest absolute Gasteiger partial charge is 0.258 e. The molecule has 1 rings (SSSR count). The van der Waals surface area contributed by atoms with Gasteiger partial charge in [0.15, 0.2) is 0 Å². The van der Waals surface area contributed by atoms with E-state index in [4.69, 9.17) is 0 Å². The maximum absolute atomic E-state index is 10.6. The molecule has 0 N–H and O–H groups in total. The number of hydrogen-bond donors (Lipinski definition) is 0. The van der Waals surface area contributed by atoms with Crippen LogP contribution in [0.15, 0.2) is 35.7 Å². The number of rotatable bonds is 2. The highest BCUT2D eigenvalue weighted by Crippen LogP contribution is 2.26. The Kier molecular flexibility index (Phi) is 2.69. The van der Waals surface area contributed by atoms with E-state index in [1.807, 2.05) is 0 Å². The first-order chi connectivity index (χ1) is 6.82. The van der Waals surface area contributed by atoms with Crippen LogP contribution in [-0.2, 0) is 0 Å². The molecule has 15 heavy (non-hydrogen) atoms. The van der Waals surface area contributed by atoms with Crippen LogP contribution in [0.5, 0.6) is 0 Å². The van der Waals surface area contributed by atoms with Gasteiger partial charge in [-0.15, -0.1) is 0 Å². The molecule has 0 aromatic heterocycles. The van der Waals surface area contributed by atoms with Crippen molar-refractivity contribution >= 4 is 0 Å². The summed E-state index contributed by atoms with van der Waals surface area (Å²) in [5.74, 6) is 0. The average Bonchev–Trinajstić information content (AvgIpc) is 2.23. The molecular formula is C9H10N2O4. The summed E-state index contributed by atoms with van der Waals surface area (Å²) in [6.45, 7) is 3.48. The van der Waals surface area contributed by atoms with Crippen LogP contribution in [0.2, 0.25) is 0 Å². The summed E-state index contributed by atoms with van der Waals surface area (Å²) < 4.78 is 0. The minimum absolute atomic E-state index is 0.253. The highest BCUT2D eigenvalue weighted by Gasteiger charge is 2.24. The fraction of sp³-hybridized carbons (Fsp3) is 0.333. The maximum Gasteiger partial charge on any atom is 0.275 e. The largest absolute Gasteiger partial charge is 0.275 e. The molecule has 0 bridgehead atoms. The van der Waals surface area contributed by atoms with E-state index in [1.165, 1.54) is 12.2 Å². The van der Waals surface area contributed by atoms with Gasteiger partial charge < -0.3 is 0 Å². The third-order valence-electron chi connectivity index (χ3n) is 1.92. The van der Waals surface area contributed by atoms with Crippen LogP contribution in [0.4, 0.5) is 0 Å². The molecule has 0 radical (unpaired) electrons. The second-order valence-electron chi connectivity index (χ2n) is 3.81. The topological polar surface area (TPSA) is 86.3 Å². The Hall–Kier alpha value is -1.98. The quantitative estimate of drug-likeness (QED) is 0.514. The molecule has 1 aliphatic rings. The third kappa shape index (κ3) is 2.73. The predicted molar refractivity (Wildman–Crippen MR) is 53.1 cm³/mol. The highest BCUT2D eigenvalue weighted by molar-refractivity contribution is 5.30. The van der Waals surface area contributed by atoms with Crippen molar-refractivity contribution < 1.29 is 9.85 Å². The molecule has 0 aliphatic heterocycles. The summed E-state index contributed by atoms with van der Waals surface area (Å²) in [6.07, 6.45) is 5.20. The molecule has 0 atom stereocenters. The lowest BCUT2D eigenvalue weighted by molar-refractivity contribution is -0.430. The molecule has 0 spiro atoms. The average molecular weight is 210 g/mol. The Morgan fingerprint density at radius 3 is 2.13 bits per heavy atom. The van der Waals surface area contributed by atoms with Crippen molar-refractivity contribution in [3.63, 3.8) is 0 Å². The Morgan fingerprint density at radius 1 is 1.13 bits per heavy atom. The first-order valence-corrected chi connectivity index (χ1v) is 4.24. The van der Waals surface area contributed by atoms with E-state index < -0.39 is 15.3 Å². The van der Waals surface area contributed by atoms with Crippen LogP contribution in [0, 0.1) is 25.6 Å². The summed E-state index contributed by atoms with van der Waals surface area (Å²) >= 11 is 0. The Labute approximate surface area is 85.9 Å². The van der Waals surface area contributed by atoms with E-state index in [-0.39, 0.29) is 11.4 Å². The number of nitro groups is 2. The number of hydrogen-bond acceptors (Lipinski definition) is 4. The minimum atomic E-state index is -0.644. The van der Waals surface area contributed by atoms with E-state index in [1.54, 1.807) is 19.9 Å². The van der Waals surface area contributed by atoms with Crippen LogP contribution < -0.4 is 0 Å². The summed E-state index contributed by atoms with van der Waals surface area (Å²) in [4.78, 5) is 19.9. The third-order valence-corrected chi connectivity index (χ3v) is 1.92. The molecule has 0 saturated carbocycles. The SMILES string of the molecule is CC1(C)C=CC([N+](=O)[O-])=CC([N+](=O)[O-])=C1. The van der Waals surface area contributed by atoms with E-state index >= 15 is 0 Å². The van der Waals surface area contributed by atoms with Gasteiger partial charge in [-0.05, 0) is 0 Å². The van der Waals surface area contributed by atoms with Crippen LogP contribution >= 0.6 is 0 Å². The zero-order valence-electron chi connectivity index (χ0n) is 8.34. The van der Waals surface area contributed by atoms with Crippen molar-refractivity contribution in [2.75, 3.05) is 0 Å². The lowest BCUT2D eigenvalue weighted by Gasteiger charge is -2.11. The van der Waals surface area contributed by atoms with E-state index in [0.29, 0.717) is 0 Å². The van der Waals surface area contributed by atoms with Gasteiger partial charge in [0.2, 0.25) is 0 Å². The molecule has 0 unspecified atom stereocenters. The van der Waals surface area contributed by atoms with Gasteiger partial charge in [0.1, 0.15) is 0 Å². The van der Waals surface area contributed by atoms with Gasteiger partial charge >= 0.3 is 0 Å². The van der Waals surface area contributed by atoms with Gasteiger partial charge in [0.25, 0.3) is 11.4 Å². The van der Waals surface area contributed by atoms with Crippen molar-refractivity contribution in [2.24, 2.45) is 5.41 Å². The van der Waals surface area contributed by atoms with Gasteiger partial charge in [-0.3, -0.25) is 20.2 Å². The molecule has 6 heteroatoms. The predicted octanol–water partition coefficient (Wildman–Crippen LogP) is 1.90. The highest BCUT2D eigenvalue weighted by atomic mass is 16.6. The normalized spacial score (nSPS) is 18.8. The molecule has 0 saturated heterocycles. The van der Waals surface area contributed by atoms with Crippen LogP contribution in [-0.4, -0.2) is 9.85 Å². The van der Waals surface area contributed by atoms with Crippen molar-refractivity contribution in [1.29, 1.82) is 0 Å². The number of nitrogens with zero attached hydrogens (tertiary/aromatic N) is 2. The maximum atomic E-state index is 10.6. The summed E-state index contributed by atoms with van der Waals surface area (Å²) in [6, 6.07) is 0. The Balaban J connectivity index is 3.24. The van der Waals surface area contributed by atoms with Crippen LogP contribution in [0.3, 0.4) is 0 Å². The molecule has 0 amide bonds. The van der Waals surface area contributed by atoms with Crippen LogP contribution in [0.1, 0.15) is 13.8 Å². The van der Waals surface area contributed by atoms with Gasteiger partial charge in [-0.1, -0.05) is 19.9 Å². The molecule has 0 aromatic carbocycles. The fourth-order valence-corrected chi connectivity index (χ4v) is 1.19. The van der Waals surface area contributed by atoms with Crippen LogP contribution in [0.25, 0.3) is 0 Å². The van der Waals surface area contributed by atoms with E-state index in [0.717, 1.165) is 6.08 Å². The molecule has 0 fully saturated rings. The van der Waals surface area contributed by atoms with Gasteiger partial charge in [0.05, 0.1) is 15.9 Å². The lowest BCUT2D eigenvalue weighted by atomic mass is 9.92. The summed E-state index contributed by atoms with van der Waals surface area (Å²) in [7, 11) is 0. The standard InChI is InChI=1S/C9H10N2O4/c1-9(2)4-3-7(10(12)13)5-8(6-9)11(14)15/h3-6H,1-2H3. The summed E-state index contributed by atoms with van der Waals surface area (Å²) in [5.41, 5.74) is -1.09. The number of allylic oxidation sites excluding steroid dienone is 4. The molecule has 6 nitrogen and oxygen atoms in total. The second-order valence-corrected chi connectivity index (χ2v) is 3.81. The van der Waals surface area contributed by atoms with Crippen molar-refractivity contribution in [2.45, 2.75) is 13.8 Å². The molecular weight excluding hydrogens is 200 g/mol. The second kappa shape index (κ2) is 3.64. The van der Waals surface area contributed by atoms with E-state index in [9.17, 15) is 20.2 Å². The zero-order chi connectivity index (χ0) is 11.6. The molecule has 80 valence electrons. The van der Waals surface area contributed by atoms with Gasteiger partial charge in [-0.25, -0.2) is 0 Å². The zero-order valence-corrected chi connectivity index (χ0v) is 8.34. The molecule has 0 heterocycles. The summed E-state index contributed by atoms with van der Waals surface area (Å²) in [5, 5.41) is 21.1.